The Kier molecular flexibility index (Phi) is 5.34. The van der Waals surface area contributed by atoms with Crippen LogP contribution in [0.2, 0.25) is 0 Å². The molecule has 1 aromatic heterocycles. The molecule has 118 valence electrons. The van der Waals surface area contributed by atoms with Crippen LogP contribution in [0, 0.1) is 10.1 Å². The molecule has 0 aliphatic rings. The van der Waals surface area contributed by atoms with E-state index in [0.717, 1.165) is 10.4 Å². The monoisotopic (exact) mass is 360 g/mol. The van der Waals surface area contributed by atoms with Crippen molar-refractivity contribution in [3.05, 3.63) is 39.9 Å². The molecule has 0 spiro atoms. The van der Waals surface area contributed by atoms with Crippen molar-refractivity contribution in [3.8, 4) is 0 Å². The molecule has 0 saturated carbocycles. The first-order valence-corrected chi connectivity index (χ1v) is 9.36. The van der Waals surface area contributed by atoms with E-state index in [2.05, 4.69) is 10.3 Å². The normalized spacial score (nSPS) is 11.3. The highest BCUT2D eigenvalue weighted by Crippen LogP contribution is 2.27. The molecule has 0 bridgehead atoms. The second-order valence-electron chi connectivity index (χ2n) is 4.05. The number of thiazole rings is 1. The Bertz CT molecular complexity index is 762. The zero-order valence-corrected chi connectivity index (χ0v) is 13.6. The predicted octanol–water partition coefficient (Wildman–Crippen LogP) is 1.90. The van der Waals surface area contributed by atoms with E-state index in [1.807, 2.05) is 5.38 Å². The van der Waals surface area contributed by atoms with E-state index < -0.39 is 14.9 Å². The minimum absolute atomic E-state index is 0.247. The molecule has 1 aromatic carbocycles. The van der Waals surface area contributed by atoms with Crippen molar-refractivity contribution in [3.63, 3.8) is 0 Å². The first-order chi connectivity index (χ1) is 10.4. The quantitative estimate of drug-likeness (QED) is 0.334. The second kappa shape index (κ2) is 7.05. The zero-order valence-electron chi connectivity index (χ0n) is 11.1. The van der Waals surface area contributed by atoms with Crippen LogP contribution in [0.25, 0.3) is 0 Å². The molecule has 1 heterocycles. The molecule has 11 heteroatoms. The highest BCUT2D eigenvalue weighted by atomic mass is 32.2. The van der Waals surface area contributed by atoms with Gasteiger partial charge in [0.2, 0.25) is 10.0 Å². The second-order valence-corrected chi connectivity index (χ2v) is 7.85. The molecule has 0 aliphatic heterocycles. The van der Waals surface area contributed by atoms with Gasteiger partial charge in [-0.15, -0.1) is 11.3 Å². The lowest BCUT2D eigenvalue weighted by atomic mass is 10.2. The average Bonchev–Trinajstić information content (AvgIpc) is 2.95. The van der Waals surface area contributed by atoms with E-state index in [1.165, 1.54) is 35.2 Å². The summed E-state index contributed by atoms with van der Waals surface area (Å²) in [7, 11) is -3.97. The summed E-state index contributed by atoms with van der Waals surface area (Å²) in [5, 5.41) is 20.8. The van der Waals surface area contributed by atoms with Crippen LogP contribution in [0.5, 0.6) is 0 Å². The molecule has 0 fully saturated rings. The van der Waals surface area contributed by atoms with Gasteiger partial charge in [0.1, 0.15) is 10.0 Å². The van der Waals surface area contributed by atoms with Gasteiger partial charge in [-0.3, -0.25) is 10.1 Å². The summed E-state index contributed by atoms with van der Waals surface area (Å²) >= 11 is 3.04. The van der Waals surface area contributed by atoms with Crippen LogP contribution in [0.1, 0.15) is 0 Å². The van der Waals surface area contributed by atoms with Gasteiger partial charge < -0.3 is 5.32 Å². The van der Waals surface area contributed by atoms with Crippen LogP contribution in [0.3, 0.4) is 0 Å². The van der Waals surface area contributed by atoms with Gasteiger partial charge >= 0.3 is 0 Å². The SMILES string of the molecule is NS(=O)(=O)c1ccc(NCCSc2nccs2)c([N+](=O)[O-])c1. The average molecular weight is 360 g/mol. The third-order valence-corrected chi connectivity index (χ3v) is 5.43. The molecular formula is C11H12N4O4S3. The fraction of sp³-hybridized carbons (Fsp3) is 0.182. The van der Waals surface area contributed by atoms with E-state index in [1.54, 1.807) is 6.20 Å². The highest BCUT2D eigenvalue weighted by Gasteiger charge is 2.18. The Balaban J connectivity index is 2.05. The van der Waals surface area contributed by atoms with Crippen molar-refractivity contribution in [2.24, 2.45) is 5.14 Å². The summed E-state index contributed by atoms with van der Waals surface area (Å²) in [4.78, 5) is 14.2. The third kappa shape index (κ3) is 4.40. The number of benzene rings is 1. The fourth-order valence-electron chi connectivity index (χ4n) is 1.59. The minimum Gasteiger partial charge on any atom is -0.379 e. The number of nitro groups is 1. The summed E-state index contributed by atoms with van der Waals surface area (Å²) in [6, 6.07) is 3.52. The van der Waals surface area contributed by atoms with Crippen LogP contribution in [0.15, 0.2) is 39.0 Å². The summed E-state index contributed by atoms with van der Waals surface area (Å²) in [6.45, 7) is 0.472. The molecule has 2 rings (SSSR count). The minimum atomic E-state index is -3.97. The number of rotatable bonds is 7. The zero-order chi connectivity index (χ0) is 16.2. The number of thioether (sulfide) groups is 1. The number of nitro benzene ring substituents is 1. The van der Waals surface area contributed by atoms with Gasteiger partial charge in [-0.05, 0) is 12.1 Å². The van der Waals surface area contributed by atoms with Gasteiger partial charge in [-0.1, -0.05) is 11.8 Å². The number of anilines is 1. The molecule has 0 radical (unpaired) electrons. The summed E-state index contributed by atoms with van der Waals surface area (Å²) in [5.74, 6) is 0.668. The molecule has 0 atom stereocenters. The largest absolute Gasteiger partial charge is 0.379 e. The van der Waals surface area contributed by atoms with Gasteiger partial charge in [0.15, 0.2) is 0 Å². The Morgan fingerprint density at radius 3 is 2.82 bits per heavy atom. The smallest absolute Gasteiger partial charge is 0.293 e. The van der Waals surface area contributed by atoms with Gasteiger partial charge in [0.25, 0.3) is 5.69 Å². The molecule has 0 amide bonds. The van der Waals surface area contributed by atoms with Crippen LogP contribution in [-0.2, 0) is 10.0 Å². The maximum Gasteiger partial charge on any atom is 0.293 e. The van der Waals surface area contributed by atoms with Crippen LogP contribution in [0.4, 0.5) is 11.4 Å². The standard InChI is InChI=1S/C11H12N4O4S3/c12-22(18,19)8-1-2-9(10(7-8)15(16)17)13-3-5-20-11-14-4-6-21-11/h1-2,4,6-7,13H,3,5H2,(H2,12,18,19). The highest BCUT2D eigenvalue weighted by molar-refractivity contribution is 8.01. The lowest BCUT2D eigenvalue weighted by Gasteiger charge is -2.07. The molecular weight excluding hydrogens is 348 g/mol. The van der Waals surface area contributed by atoms with Gasteiger partial charge in [0, 0.05) is 29.9 Å². The Morgan fingerprint density at radius 1 is 1.45 bits per heavy atom. The number of sulfonamides is 1. The maximum absolute atomic E-state index is 11.2. The van der Waals surface area contributed by atoms with Crippen molar-refractivity contribution >= 4 is 44.5 Å². The number of hydrogen-bond donors (Lipinski definition) is 2. The van der Waals surface area contributed by atoms with Gasteiger partial charge in [-0.2, -0.15) is 0 Å². The van der Waals surface area contributed by atoms with E-state index in [4.69, 9.17) is 5.14 Å². The fourth-order valence-corrected chi connectivity index (χ4v) is 3.69. The number of nitrogens with zero attached hydrogens (tertiary/aromatic N) is 2. The van der Waals surface area contributed by atoms with Crippen LogP contribution in [-0.4, -0.2) is 30.6 Å². The number of hydrogen-bond acceptors (Lipinski definition) is 8. The van der Waals surface area contributed by atoms with E-state index >= 15 is 0 Å². The molecule has 0 unspecified atom stereocenters. The first-order valence-electron chi connectivity index (χ1n) is 5.95. The maximum atomic E-state index is 11.2. The number of aromatic nitrogens is 1. The topological polar surface area (TPSA) is 128 Å². The first kappa shape index (κ1) is 16.7. The summed E-state index contributed by atoms with van der Waals surface area (Å²) in [5.41, 5.74) is -0.0806. The van der Waals surface area contributed by atoms with Crippen molar-refractivity contribution in [2.75, 3.05) is 17.6 Å². The Hall–Kier alpha value is -1.69. The Labute approximate surface area is 135 Å². The van der Waals surface area contributed by atoms with E-state index in [-0.39, 0.29) is 16.3 Å². The molecule has 2 aromatic rings. The van der Waals surface area contributed by atoms with Crippen molar-refractivity contribution < 1.29 is 13.3 Å². The third-order valence-electron chi connectivity index (χ3n) is 2.55. The number of nitrogens with one attached hydrogen (secondary N) is 1. The van der Waals surface area contributed by atoms with E-state index in [9.17, 15) is 18.5 Å². The molecule has 0 aliphatic carbocycles. The molecule has 3 N–H and O–H groups in total. The van der Waals surface area contributed by atoms with Gasteiger partial charge in [-0.25, -0.2) is 18.5 Å². The lowest BCUT2D eigenvalue weighted by Crippen LogP contribution is -2.13. The lowest BCUT2D eigenvalue weighted by molar-refractivity contribution is -0.384. The summed E-state index contributed by atoms with van der Waals surface area (Å²) < 4.78 is 23.4. The van der Waals surface area contributed by atoms with Crippen LogP contribution < -0.4 is 10.5 Å². The molecule has 8 nitrogen and oxygen atoms in total. The van der Waals surface area contributed by atoms with Gasteiger partial charge in [0.05, 0.1) is 9.82 Å². The number of primary sulfonamides is 1. The van der Waals surface area contributed by atoms with E-state index in [0.29, 0.717) is 12.3 Å². The van der Waals surface area contributed by atoms with Crippen LogP contribution >= 0.6 is 23.1 Å². The van der Waals surface area contributed by atoms with Crippen molar-refractivity contribution in [1.29, 1.82) is 0 Å². The Morgan fingerprint density at radius 2 is 2.23 bits per heavy atom. The molecule has 22 heavy (non-hydrogen) atoms. The number of nitrogens with two attached hydrogens (primary N) is 1. The summed E-state index contributed by atoms with van der Waals surface area (Å²) in [6.07, 6.45) is 1.71. The molecule has 0 saturated heterocycles. The van der Waals surface area contributed by atoms with Crippen molar-refractivity contribution in [1.82, 2.24) is 4.98 Å². The van der Waals surface area contributed by atoms with Crippen molar-refractivity contribution in [2.45, 2.75) is 9.24 Å². The predicted molar refractivity (Wildman–Crippen MR) is 85.8 cm³/mol.